The second-order valence-corrected chi connectivity index (χ2v) is 9.85. The van der Waals surface area contributed by atoms with Crippen LogP contribution in [0.3, 0.4) is 0 Å². The molecule has 1 aliphatic heterocycles. The van der Waals surface area contributed by atoms with Crippen LogP contribution in [0.4, 0.5) is 0 Å². The Morgan fingerprint density at radius 3 is 2.61 bits per heavy atom. The summed E-state index contributed by atoms with van der Waals surface area (Å²) < 4.78 is 18.7. The van der Waals surface area contributed by atoms with Crippen molar-refractivity contribution in [3.63, 3.8) is 0 Å². The molecule has 4 rings (SSSR count). The lowest BCUT2D eigenvalue weighted by molar-refractivity contribution is -0.136. The minimum atomic E-state index is -0.791. The summed E-state index contributed by atoms with van der Waals surface area (Å²) in [7, 11) is 1.28. The van der Waals surface area contributed by atoms with Crippen LogP contribution >= 0.6 is 38.9 Å². The van der Waals surface area contributed by atoms with E-state index in [1.807, 2.05) is 13.8 Å². The fraction of sp³-hybridized carbons (Fsp3) is 0.240. The van der Waals surface area contributed by atoms with Crippen LogP contribution in [-0.4, -0.2) is 36.0 Å². The lowest BCUT2D eigenvalue weighted by Crippen LogP contribution is -2.39. The number of phenolic OH excluding ortho intramolecular Hbond substituents is 1. The van der Waals surface area contributed by atoms with Crippen LogP contribution in [0.15, 0.2) is 56.4 Å². The number of nitrogens with zero attached hydrogens (tertiary/aromatic N) is 2. The van der Waals surface area contributed by atoms with Crippen LogP contribution in [0, 0.1) is 0 Å². The average molecular weight is 594 g/mol. The number of carbonyl (C=O) groups excluding carboxylic acids is 1. The number of fused-ring (bicyclic) bond motifs is 1. The molecular formula is C25H22BrClN2O6S. The number of carbonyl (C=O) groups is 1. The van der Waals surface area contributed by atoms with Crippen LogP contribution in [0.25, 0.3) is 6.08 Å². The molecule has 0 saturated carbocycles. The number of phenols is 1. The van der Waals surface area contributed by atoms with Crippen molar-refractivity contribution in [3.05, 3.63) is 82.4 Å². The molecule has 1 N–H and O–H groups in total. The molecule has 188 valence electrons. The number of ether oxygens (including phenoxy) is 3. The van der Waals surface area contributed by atoms with E-state index in [-0.39, 0.29) is 21.9 Å². The molecule has 2 aromatic carbocycles. The van der Waals surface area contributed by atoms with E-state index in [4.69, 9.17) is 25.8 Å². The topological polar surface area (TPSA) is 99.4 Å². The predicted octanol–water partition coefficient (Wildman–Crippen LogP) is 3.94. The van der Waals surface area contributed by atoms with Crippen LogP contribution in [-0.2, 0) is 9.53 Å². The largest absolute Gasteiger partial charge is 0.505 e. The van der Waals surface area contributed by atoms with E-state index in [1.54, 1.807) is 36.4 Å². The van der Waals surface area contributed by atoms with Crippen molar-refractivity contribution in [3.8, 4) is 17.2 Å². The summed E-state index contributed by atoms with van der Waals surface area (Å²) in [4.78, 5) is 31.1. The third-order valence-electron chi connectivity index (χ3n) is 5.35. The van der Waals surface area contributed by atoms with Crippen molar-refractivity contribution in [2.24, 2.45) is 4.99 Å². The van der Waals surface area contributed by atoms with Gasteiger partial charge in [-0.1, -0.05) is 29.0 Å². The molecule has 36 heavy (non-hydrogen) atoms. The van der Waals surface area contributed by atoms with Gasteiger partial charge < -0.3 is 19.3 Å². The van der Waals surface area contributed by atoms with Crippen LogP contribution < -0.4 is 24.4 Å². The van der Waals surface area contributed by atoms with Gasteiger partial charge in [-0.25, -0.2) is 9.79 Å². The number of hydrogen-bond donors (Lipinski definition) is 1. The lowest BCUT2D eigenvalue weighted by atomic mass is 9.97. The first-order chi connectivity index (χ1) is 17.3. The second kappa shape index (κ2) is 10.9. The maximum atomic E-state index is 13.6. The molecule has 0 amide bonds. The summed E-state index contributed by atoms with van der Waals surface area (Å²) in [6, 6.07) is 7.71. The fourth-order valence-electron chi connectivity index (χ4n) is 3.81. The van der Waals surface area contributed by atoms with Gasteiger partial charge in [0.15, 0.2) is 16.3 Å². The van der Waals surface area contributed by atoms with Crippen LogP contribution in [0.2, 0.25) is 5.02 Å². The summed E-state index contributed by atoms with van der Waals surface area (Å²) in [5.41, 5.74) is 1.11. The number of halogens is 2. The van der Waals surface area contributed by atoms with Gasteiger partial charge in [-0.05, 0) is 71.2 Å². The van der Waals surface area contributed by atoms with Gasteiger partial charge in [-0.3, -0.25) is 9.36 Å². The second-order valence-electron chi connectivity index (χ2n) is 7.58. The molecule has 8 nitrogen and oxygen atoms in total. The summed E-state index contributed by atoms with van der Waals surface area (Å²) in [5.74, 6) is 0.385. The van der Waals surface area contributed by atoms with Crippen LogP contribution in [0.1, 0.15) is 31.0 Å². The number of aromatic nitrogens is 1. The molecule has 0 fully saturated rings. The number of esters is 1. The number of thiazole rings is 1. The van der Waals surface area contributed by atoms with E-state index < -0.39 is 12.0 Å². The van der Waals surface area contributed by atoms with Gasteiger partial charge in [-0.2, -0.15) is 0 Å². The highest BCUT2D eigenvalue weighted by Crippen LogP contribution is 2.35. The lowest BCUT2D eigenvalue weighted by Gasteiger charge is -2.23. The van der Waals surface area contributed by atoms with Gasteiger partial charge >= 0.3 is 5.97 Å². The highest BCUT2D eigenvalue weighted by molar-refractivity contribution is 9.10. The monoisotopic (exact) mass is 592 g/mol. The van der Waals surface area contributed by atoms with E-state index in [9.17, 15) is 14.7 Å². The molecule has 0 unspecified atom stereocenters. The van der Waals surface area contributed by atoms with E-state index in [0.717, 1.165) is 0 Å². The van der Waals surface area contributed by atoms with Gasteiger partial charge in [-0.15, -0.1) is 0 Å². The first kappa shape index (κ1) is 26.0. The zero-order chi connectivity index (χ0) is 26.0. The van der Waals surface area contributed by atoms with Crippen molar-refractivity contribution in [1.29, 1.82) is 0 Å². The third-order valence-corrected chi connectivity index (χ3v) is 7.23. The maximum absolute atomic E-state index is 13.6. The summed E-state index contributed by atoms with van der Waals surface area (Å²) in [6.45, 7) is 4.61. The van der Waals surface area contributed by atoms with Gasteiger partial charge in [0.1, 0.15) is 5.75 Å². The zero-order valence-corrected chi connectivity index (χ0v) is 22.7. The average Bonchev–Trinajstić information content (AvgIpc) is 3.17. The first-order valence-corrected chi connectivity index (χ1v) is 12.9. The Balaban J connectivity index is 1.91. The van der Waals surface area contributed by atoms with Crippen LogP contribution in [0.5, 0.6) is 17.2 Å². The molecule has 1 atom stereocenters. The molecule has 2 heterocycles. The van der Waals surface area contributed by atoms with Crippen molar-refractivity contribution in [1.82, 2.24) is 4.57 Å². The zero-order valence-electron chi connectivity index (χ0n) is 19.6. The normalized spacial score (nSPS) is 15.1. The maximum Gasteiger partial charge on any atom is 0.337 e. The quantitative estimate of drug-likeness (QED) is 0.417. The van der Waals surface area contributed by atoms with Crippen molar-refractivity contribution >= 4 is 50.9 Å². The number of methoxy groups -OCH3 is 1. The van der Waals surface area contributed by atoms with Gasteiger partial charge in [0.2, 0.25) is 0 Å². The number of rotatable bonds is 7. The van der Waals surface area contributed by atoms with Gasteiger partial charge in [0.05, 0.1) is 46.0 Å². The van der Waals surface area contributed by atoms with E-state index >= 15 is 0 Å². The molecule has 0 spiro atoms. The van der Waals surface area contributed by atoms with Crippen molar-refractivity contribution in [2.45, 2.75) is 19.9 Å². The highest BCUT2D eigenvalue weighted by Gasteiger charge is 2.31. The van der Waals surface area contributed by atoms with Crippen molar-refractivity contribution < 1.29 is 24.1 Å². The van der Waals surface area contributed by atoms with E-state index in [1.165, 1.54) is 29.2 Å². The molecule has 0 bridgehead atoms. The molecule has 1 aliphatic rings. The Kier molecular flexibility index (Phi) is 7.87. The molecular weight excluding hydrogens is 572 g/mol. The number of hydrogen-bond acceptors (Lipinski definition) is 8. The number of aromatic hydroxyl groups is 1. The first-order valence-electron chi connectivity index (χ1n) is 11.0. The minimum Gasteiger partial charge on any atom is -0.505 e. The predicted molar refractivity (Wildman–Crippen MR) is 141 cm³/mol. The Bertz CT molecular complexity index is 1520. The van der Waals surface area contributed by atoms with E-state index in [0.29, 0.717) is 49.6 Å². The smallest absolute Gasteiger partial charge is 0.337 e. The third kappa shape index (κ3) is 4.93. The SMILES string of the molecule is CCOc1ccc([C@@H]2C(C(=O)OC)=CN=c3s/c(=C\c4cc(Cl)c(O)c(Br)c4)c(=O)n32)cc1OCC. The minimum absolute atomic E-state index is 0.0846. The summed E-state index contributed by atoms with van der Waals surface area (Å²) in [5, 5.41) is 10.1. The molecule has 11 heteroatoms. The van der Waals surface area contributed by atoms with Crippen molar-refractivity contribution in [2.75, 3.05) is 20.3 Å². The molecule has 3 aromatic rings. The molecule has 0 saturated heterocycles. The molecule has 0 aliphatic carbocycles. The van der Waals surface area contributed by atoms with Gasteiger partial charge in [0, 0.05) is 6.20 Å². The molecule has 0 radical (unpaired) electrons. The standard InChI is InChI=1S/C25H22BrClN2O6S/c1-4-34-18-7-6-14(11-19(18)35-5-2)21-15(24(32)33-3)12-28-25-29(21)23(31)20(36-25)10-13-8-16(26)22(30)17(27)9-13/h6-12,21,30H,4-5H2,1-3H3/b20-10-/t21-/m1/s1. The summed E-state index contributed by atoms with van der Waals surface area (Å²) in [6.07, 6.45) is 3.08. The van der Waals surface area contributed by atoms with E-state index in [2.05, 4.69) is 20.9 Å². The summed E-state index contributed by atoms with van der Waals surface area (Å²) >= 11 is 10.5. The molecule has 1 aromatic heterocycles. The highest BCUT2D eigenvalue weighted by atomic mass is 79.9. The Morgan fingerprint density at radius 1 is 1.22 bits per heavy atom. The number of benzene rings is 2. The Labute approximate surface area is 223 Å². The Hall–Kier alpha value is -3.08. The van der Waals surface area contributed by atoms with Gasteiger partial charge in [0.25, 0.3) is 5.56 Å². The fourth-order valence-corrected chi connectivity index (χ4v) is 5.60. The Morgan fingerprint density at radius 2 is 1.94 bits per heavy atom.